The summed E-state index contributed by atoms with van der Waals surface area (Å²) in [5.74, 6) is -0.501. The molecule has 0 unspecified atom stereocenters. The van der Waals surface area contributed by atoms with Crippen molar-refractivity contribution < 1.29 is 14.0 Å². The summed E-state index contributed by atoms with van der Waals surface area (Å²) < 4.78 is 15.0. The molecule has 0 spiro atoms. The van der Waals surface area contributed by atoms with Crippen LogP contribution in [0.5, 0.6) is 0 Å². The Hall–Kier alpha value is -3.48. The molecule has 0 bridgehead atoms. The molecule has 2 aromatic carbocycles. The molecule has 0 aliphatic carbocycles. The molecule has 0 saturated carbocycles. The molecular weight excluding hydrogens is 419 g/mol. The molecule has 174 valence electrons. The number of rotatable bonds is 7. The van der Waals surface area contributed by atoms with Gasteiger partial charge in [-0.3, -0.25) is 9.59 Å². The molecule has 33 heavy (non-hydrogen) atoms. The Kier molecular flexibility index (Phi) is 7.31. The minimum Gasteiger partial charge on any atom is -0.329 e. The number of benzene rings is 2. The topological polar surface area (TPSA) is 67.2 Å². The van der Waals surface area contributed by atoms with Crippen molar-refractivity contribution in [3.05, 3.63) is 77.2 Å². The molecule has 6 nitrogen and oxygen atoms in total. The first-order valence-electron chi connectivity index (χ1n) is 11.1. The van der Waals surface area contributed by atoms with Crippen molar-refractivity contribution in [1.29, 1.82) is 0 Å². The number of aryl methyl sites for hydroxylation is 1. The number of para-hydroxylation sites is 1. The van der Waals surface area contributed by atoms with Gasteiger partial charge in [0.25, 0.3) is 5.91 Å². The number of hydrogen-bond donors (Lipinski definition) is 1. The van der Waals surface area contributed by atoms with E-state index in [4.69, 9.17) is 5.10 Å². The summed E-state index contributed by atoms with van der Waals surface area (Å²) in [6.45, 7) is 10.4. The lowest BCUT2D eigenvalue weighted by Gasteiger charge is -2.22. The predicted molar refractivity (Wildman–Crippen MR) is 128 cm³/mol. The van der Waals surface area contributed by atoms with Crippen molar-refractivity contribution in [3.8, 4) is 5.69 Å². The van der Waals surface area contributed by atoms with Crippen LogP contribution < -0.4 is 5.32 Å². The van der Waals surface area contributed by atoms with Gasteiger partial charge in [-0.2, -0.15) is 5.10 Å². The average molecular weight is 451 g/mol. The molecule has 0 atom stereocenters. The SMILES string of the molecule is CCCN(CC(=O)Nc1cc(C(C)(C)C)nn1-c1ccccc1C)C(=O)c1ccc(F)cc1. The molecule has 1 N–H and O–H groups in total. The Labute approximate surface area is 194 Å². The molecule has 2 amide bonds. The Morgan fingerprint density at radius 1 is 1.09 bits per heavy atom. The van der Waals surface area contributed by atoms with Gasteiger partial charge >= 0.3 is 0 Å². The number of carbonyl (C=O) groups is 2. The summed E-state index contributed by atoms with van der Waals surface area (Å²) in [5.41, 5.74) is 2.87. The van der Waals surface area contributed by atoms with Crippen LogP contribution in [0.15, 0.2) is 54.6 Å². The minimum absolute atomic E-state index is 0.117. The maximum atomic E-state index is 13.2. The lowest BCUT2D eigenvalue weighted by atomic mass is 9.92. The Balaban J connectivity index is 1.86. The number of anilines is 1. The highest BCUT2D eigenvalue weighted by Crippen LogP contribution is 2.27. The maximum Gasteiger partial charge on any atom is 0.254 e. The molecule has 0 fully saturated rings. The van der Waals surface area contributed by atoms with E-state index in [2.05, 4.69) is 26.1 Å². The zero-order valence-electron chi connectivity index (χ0n) is 19.9. The molecule has 0 aliphatic heterocycles. The average Bonchev–Trinajstić information content (AvgIpc) is 3.18. The Morgan fingerprint density at radius 2 is 1.76 bits per heavy atom. The second-order valence-electron chi connectivity index (χ2n) is 9.14. The van der Waals surface area contributed by atoms with Crippen LogP contribution in [-0.2, 0) is 10.2 Å². The molecular formula is C26H31FN4O2. The van der Waals surface area contributed by atoms with Gasteiger partial charge in [-0.25, -0.2) is 9.07 Å². The quantitative estimate of drug-likeness (QED) is 0.544. The summed E-state index contributed by atoms with van der Waals surface area (Å²) in [7, 11) is 0. The van der Waals surface area contributed by atoms with E-state index >= 15 is 0 Å². The van der Waals surface area contributed by atoms with Crippen molar-refractivity contribution in [2.24, 2.45) is 0 Å². The number of nitrogens with zero attached hydrogens (tertiary/aromatic N) is 3. The summed E-state index contributed by atoms with van der Waals surface area (Å²) in [4.78, 5) is 27.4. The lowest BCUT2D eigenvalue weighted by molar-refractivity contribution is -0.116. The standard InChI is InChI=1S/C26H31FN4O2/c1-6-15-30(25(33)19-11-13-20(27)14-12-19)17-24(32)28-23-16-22(26(3,4)5)29-31(23)21-10-8-7-9-18(21)2/h7-14,16H,6,15,17H2,1-5H3,(H,28,32). The summed E-state index contributed by atoms with van der Waals surface area (Å²) >= 11 is 0. The third-order valence-corrected chi connectivity index (χ3v) is 5.30. The fourth-order valence-electron chi connectivity index (χ4n) is 3.47. The zero-order chi connectivity index (χ0) is 24.2. The van der Waals surface area contributed by atoms with Gasteiger partial charge in [0.05, 0.1) is 11.4 Å². The second kappa shape index (κ2) is 9.98. The van der Waals surface area contributed by atoms with Crippen LogP contribution in [0.25, 0.3) is 5.69 Å². The Bertz CT molecular complexity index is 1130. The third-order valence-electron chi connectivity index (χ3n) is 5.30. The van der Waals surface area contributed by atoms with E-state index in [9.17, 15) is 14.0 Å². The number of hydrogen-bond acceptors (Lipinski definition) is 3. The van der Waals surface area contributed by atoms with Crippen molar-refractivity contribution >= 4 is 17.6 Å². The Morgan fingerprint density at radius 3 is 2.36 bits per heavy atom. The molecule has 0 aliphatic rings. The van der Waals surface area contributed by atoms with E-state index in [-0.39, 0.29) is 23.8 Å². The molecule has 1 heterocycles. The predicted octanol–water partition coefficient (Wildman–Crippen LogP) is 5.11. The minimum atomic E-state index is -0.412. The molecule has 1 aromatic heterocycles. The van der Waals surface area contributed by atoms with Gasteiger partial charge in [-0.1, -0.05) is 45.9 Å². The monoisotopic (exact) mass is 450 g/mol. The van der Waals surface area contributed by atoms with Crippen LogP contribution >= 0.6 is 0 Å². The van der Waals surface area contributed by atoms with Crippen molar-refractivity contribution in [1.82, 2.24) is 14.7 Å². The second-order valence-corrected chi connectivity index (χ2v) is 9.14. The smallest absolute Gasteiger partial charge is 0.254 e. The van der Waals surface area contributed by atoms with Gasteiger partial charge < -0.3 is 10.2 Å². The number of aromatic nitrogens is 2. The summed E-state index contributed by atoms with van der Waals surface area (Å²) in [5, 5.41) is 7.70. The molecule has 3 aromatic rings. The van der Waals surface area contributed by atoms with Gasteiger partial charge in [0, 0.05) is 23.6 Å². The van der Waals surface area contributed by atoms with Crippen molar-refractivity contribution in [2.75, 3.05) is 18.4 Å². The molecule has 3 rings (SSSR count). The highest BCUT2D eigenvalue weighted by molar-refractivity contribution is 5.99. The normalized spacial score (nSPS) is 11.3. The number of nitrogens with one attached hydrogen (secondary N) is 1. The highest BCUT2D eigenvalue weighted by Gasteiger charge is 2.23. The first-order chi connectivity index (χ1) is 15.6. The zero-order valence-corrected chi connectivity index (χ0v) is 19.9. The van der Waals surface area contributed by atoms with Crippen LogP contribution in [0.1, 0.15) is 55.7 Å². The number of amides is 2. The lowest BCUT2D eigenvalue weighted by Crippen LogP contribution is -2.38. The fourth-order valence-corrected chi connectivity index (χ4v) is 3.47. The van der Waals surface area contributed by atoms with E-state index in [1.165, 1.54) is 29.2 Å². The van der Waals surface area contributed by atoms with Crippen LogP contribution in [0.4, 0.5) is 10.2 Å². The molecule has 0 saturated heterocycles. The van der Waals surface area contributed by atoms with Crippen LogP contribution in [-0.4, -0.2) is 39.6 Å². The van der Waals surface area contributed by atoms with E-state index < -0.39 is 5.82 Å². The first-order valence-corrected chi connectivity index (χ1v) is 11.1. The van der Waals surface area contributed by atoms with Gasteiger partial charge in [0.2, 0.25) is 5.91 Å². The first kappa shape index (κ1) is 24.2. The van der Waals surface area contributed by atoms with Crippen molar-refractivity contribution in [3.63, 3.8) is 0 Å². The summed E-state index contributed by atoms with van der Waals surface area (Å²) in [6, 6.07) is 15.0. The number of halogens is 1. The summed E-state index contributed by atoms with van der Waals surface area (Å²) in [6.07, 6.45) is 0.690. The fraction of sp³-hybridized carbons (Fsp3) is 0.346. The van der Waals surface area contributed by atoms with Gasteiger partial charge in [-0.05, 0) is 49.2 Å². The molecule has 0 radical (unpaired) electrons. The van der Waals surface area contributed by atoms with Crippen LogP contribution in [0.2, 0.25) is 0 Å². The maximum absolute atomic E-state index is 13.2. The van der Waals surface area contributed by atoms with E-state index in [0.29, 0.717) is 24.3 Å². The van der Waals surface area contributed by atoms with Crippen molar-refractivity contribution in [2.45, 2.75) is 46.5 Å². The van der Waals surface area contributed by atoms with E-state index in [1.807, 2.05) is 44.2 Å². The van der Waals surface area contributed by atoms with E-state index in [1.54, 1.807) is 4.68 Å². The van der Waals surface area contributed by atoms with Crippen LogP contribution in [0.3, 0.4) is 0 Å². The number of carbonyl (C=O) groups excluding carboxylic acids is 2. The highest BCUT2D eigenvalue weighted by atomic mass is 19.1. The van der Waals surface area contributed by atoms with Crippen LogP contribution in [0, 0.1) is 12.7 Å². The van der Waals surface area contributed by atoms with E-state index in [0.717, 1.165) is 16.9 Å². The van der Waals surface area contributed by atoms with Gasteiger partial charge in [-0.15, -0.1) is 0 Å². The van der Waals surface area contributed by atoms with Gasteiger partial charge in [0.1, 0.15) is 18.2 Å². The third kappa shape index (κ3) is 5.86. The largest absolute Gasteiger partial charge is 0.329 e. The molecule has 7 heteroatoms. The van der Waals surface area contributed by atoms with Gasteiger partial charge in [0.15, 0.2) is 0 Å².